The van der Waals surface area contributed by atoms with Crippen LogP contribution in [0.3, 0.4) is 0 Å². The molecule has 3 rings (SSSR count). The SMILES string of the molecule is CCN1CCn2cc(S(=O)(=O)NCc3cc(F)cc(F)c3)cc2C1=O. The zero-order valence-electron chi connectivity index (χ0n) is 13.5. The second-order valence-corrected chi connectivity index (χ2v) is 7.51. The summed E-state index contributed by atoms with van der Waals surface area (Å²) in [6.07, 6.45) is 1.40. The van der Waals surface area contributed by atoms with Gasteiger partial charge in [0.15, 0.2) is 0 Å². The maximum absolute atomic E-state index is 13.2. The second-order valence-electron chi connectivity index (χ2n) is 5.74. The number of rotatable bonds is 5. The summed E-state index contributed by atoms with van der Waals surface area (Å²) in [5, 5.41) is 0. The van der Waals surface area contributed by atoms with Crippen LogP contribution < -0.4 is 4.72 Å². The van der Waals surface area contributed by atoms with E-state index in [9.17, 15) is 22.0 Å². The molecule has 0 atom stereocenters. The quantitative estimate of drug-likeness (QED) is 0.872. The van der Waals surface area contributed by atoms with E-state index < -0.39 is 21.7 Å². The van der Waals surface area contributed by atoms with Gasteiger partial charge < -0.3 is 9.47 Å². The number of nitrogens with one attached hydrogen (secondary N) is 1. The van der Waals surface area contributed by atoms with Crippen LogP contribution in [0.15, 0.2) is 35.4 Å². The molecule has 6 nitrogen and oxygen atoms in total. The molecule has 0 aliphatic carbocycles. The number of carbonyl (C=O) groups is 1. The Morgan fingerprint density at radius 3 is 2.44 bits per heavy atom. The number of hydrogen-bond donors (Lipinski definition) is 1. The minimum absolute atomic E-state index is 0.0503. The van der Waals surface area contributed by atoms with Gasteiger partial charge in [0.2, 0.25) is 10.0 Å². The summed E-state index contributed by atoms with van der Waals surface area (Å²) in [5.41, 5.74) is 0.476. The highest BCUT2D eigenvalue weighted by Crippen LogP contribution is 2.20. The van der Waals surface area contributed by atoms with Crippen LogP contribution in [0.5, 0.6) is 0 Å². The molecule has 0 unspecified atom stereocenters. The maximum Gasteiger partial charge on any atom is 0.270 e. The van der Waals surface area contributed by atoms with E-state index in [1.807, 2.05) is 6.92 Å². The van der Waals surface area contributed by atoms with Crippen molar-refractivity contribution in [1.82, 2.24) is 14.2 Å². The number of sulfonamides is 1. The number of nitrogens with zero attached hydrogens (tertiary/aromatic N) is 2. The van der Waals surface area contributed by atoms with Crippen molar-refractivity contribution in [2.45, 2.75) is 24.9 Å². The monoisotopic (exact) mass is 369 g/mol. The van der Waals surface area contributed by atoms with Gasteiger partial charge in [-0.05, 0) is 30.7 Å². The molecule has 0 saturated heterocycles. The molecule has 1 aliphatic rings. The van der Waals surface area contributed by atoms with Crippen LogP contribution in [0.1, 0.15) is 23.0 Å². The summed E-state index contributed by atoms with van der Waals surface area (Å²) >= 11 is 0. The lowest BCUT2D eigenvalue weighted by Gasteiger charge is -2.26. The molecular formula is C16H17F2N3O3S. The molecule has 0 bridgehead atoms. The topological polar surface area (TPSA) is 71.4 Å². The molecule has 25 heavy (non-hydrogen) atoms. The third-order valence-electron chi connectivity index (χ3n) is 4.07. The van der Waals surface area contributed by atoms with Gasteiger partial charge in [-0.15, -0.1) is 0 Å². The number of aromatic nitrogens is 1. The fourth-order valence-corrected chi connectivity index (χ4v) is 3.82. The Kier molecular flexibility index (Phi) is 4.61. The average molecular weight is 369 g/mol. The highest BCUT2D eigenvalue weighted by atomic mass is 32.2. The van der Waals surface area contributed by atoms with E-state index in [1.54, 1.807) is 9.47 Å². The Balaban J connectivity index is 1.80. The Morgan fingerprint density at radius 1 is 1.12 bits per heavy atom. The summed E-state index contributed by atoms with van der Waals surface area (Å²) in [6.45, 7) is 3.18. The Hall–Kier alpha value is -2.26. The predicted molar refractivity (Wildman–Crippen MR) is 86.4 cm³/mol. The molecule has 0 spiro atoms. The molecule has 0 fully saturated rings. The van der Waals surface area contributed by atoms with Crippen molar-refractivity contribution in [1.29, 1.82) is 0 Å². The molecule has 1 amide bonds. The smallest absolute Gasteiger partial charge is 0.270 e. The van der Waals surface area contributed by atoms with E-state index in [2.05, 4.69) is 4.72 Å². The van der Waals surface area contributed by atoms with E-state index in [0.29, 0.717) is 31.4 Å². The predicted octanol–water partition coefficient (Wildman–Crippen LogP) is 1.72. The summed E-state index contributed by atoms with van der Waals surface area (Å²) in [4.78, 5) is 13.8. The standard InChI is InChI=1S/C16H17F2N3O3S/c1-2-20-3-4-21-10-14(8-15(21)16(20)22)25(23,24)19-9-11-5-12(17)7-13(18)6-11/h5-8,10,19H,2-4,9H2,1H3. The Labute approximate surface area is 144 Å². The molecule has 0 saturated carbocycles. The van der Waals surface area contributed by atoms with Crippen LogP contribution >= 0.6 is 0 Å². The van der Waals surface area contributed by atoms with Crippen LogP contribution in [-0.2, 0) is 23.1 Å². The number of hydrogen-bond acceptors (Lipinski definition) is 3. The molecule has 1 aromatic heterocycles. The summed E-state index contributed by atoms with van der Waals surface area (Å²) in [6, 6.07) is 4.14. The van der Waals surface area contributed by atoms with E-state index in [4.69, 9.17) is 0 Å². The molecule has 2 heterocycles. The lowest BCUT2D eigenvalue weighted by atomic mass is 10.2. The molecule has 1 aliphatic heterocycles. The highest BCUT2D eigenvalue weighted by Gasteiger charge is 2.27. The molecule has 1 aromatic carbocycles. The first-order valence-corrected chi connectivity index (χ1v) is 9.22. The van der Waals surface area contributed by atoms with Gasteiger partial charge in [-0.1, -0.05) is 0 Å². The highest BCUT2D eigenvalue weighted by molar-refractivity contribution is 7.89. The molecule has 1 N–H and O–H groups in total. The first kappa shape index (κ1) is 17.6. The Morgan fingerprint density at radius 2 is 1.80 bits per heavy atom. The second kappa shape index (κ2) is 6.57. The third kappa shape index (κ3) is 3.57. The van der Waals surface area contributed by atoms with Crippen molar-refractivity contribution in [2.24, 2.45) is 0 Å². The van der Waals surface area contributed by atoms with Gasteiger partial charge in [-0.3, -0.25) is 4.79 Å². The minimum atomic E-state index is -3.91. The zero-order chi connectivity index (χ0) is 18.2. The van der Waals surface area contributed by atoms with Gasteiger partial charge in [0.25, 0.3) is 5.91 Å². The fourth-order valence-electron chi connectivity index (χ4n) is 2.76. The van der Waals surface area contributed by atoms with Crippen LogP contribution in [-0.4, -0.2) is 36.9 Å². The zero-order valence-corrected chi connectivity index (χ0v) is 14.3. The lowest BCUT2D eigenvalue weighted by Crippen LogP contribution is -2.39. The van der Waals surface area contributed by atoms with E-state index in [0.717, 1.165) is 12.1 Å². The fraction of sp³-hybridized carbons (Fsp3) is 0.312. The number of benzene rings is 1. The van der Waals surface area contributed by atoms with Crippen molar-refractivity contribution in [3.8, 4) is 0 Å². The maximum atomic E-state index is 13.2. The van der Waals surface area contributed by atoms with Crippen LogP contribution in [0.2, 0.25) is 0 Å². The number of carbonyl (C=O) groups excluding carboxylic acids is 1. The van der Waals surface area contributed by atoms with Crippen molar-refractivity contribution in [2.75, 3.05) is 13.1 Å². The van der Waals surface area contributed by atoms with Crippen LogP contribution in [0.4, 0.5) is 8.78 Å². The van der Waals surface area contributed by atoms with Crippen molar-refractivity contribution in [3.05, 3.63) is 53.4 Å². The third-order valence-corrected chi connectivity index (χ3v) is 5.44. The number of amides is 1. The average Bonchev–Trinajstić information content (AvgIpc) is 2.99. The van der Waals surface area contributed by atoms with Gasteiger partial charge in [0.1, 0.15) is 22.2 Å². The molecule has 9 heteroatoms. The van der Waals surface area contributed by atoms with Gasteiger partial charge in [0, 0.05) is 38.4 Å². The van der Waals surface area contributed by atoms with Crippen molar-refractivity contribution < 1.29 is 22.0 Å². The van der Waals surface area contributed by atoms with Crippen molar-refractivity contribution >= 4 is 15.9 Å². The van der Waals surface area contributed by atoms with Gasteiger partial charge in [0.05, 0.1) is 0 Å². The van der Waals surface area contributed by atoms with Gasteiger partial charge in [-0.2, -0.15) is 0 Å². The van der Waals surface area contributed by atoms with E-state index in [1.165, 1.54) is 12.3 Å². The number of likely N-dealkylation sites (N-methyl/N-ethyl adjacent to an activating group) is 1. The van der Waals surface area contributed by atoms with Crippen molar-refractivity contribution in [3.63, 3.8) is 0 Å². The lowest BCUT2D eigenvalue weighted by molar-refractivity contribution is 0.0715. The van der Waals surface area contributed by atoms with Gasteiger partial charge >= 0.3 is 0 Å². The first-order valence-electron chi connectivity index (χ1n) is 7.74. The summed E-state index contributed by atoms with van der Waals surface area (Å²) in [5.74, 6) is -1.78. The summed E-state index contributed by atoms with van der Waals surface area (Å²) in [7, 11) is -3.91. The van der Waals surface area contributed by atoms with E-state index >= 15 is 0 Å². The molecular weight excluding hydrogens is 352 g/mol. The Bertz CT molecular complexity index is 904. The largest absolute Gasteiger partial charge is 0.340 e. The summed E-state index contributed by atoms with van der Waals surface area (Å²) < 4.78 is 55.1. The normalized spacial score (nSPS) is 14.7. The minimum Gasteiger partial charge on any atom is -0.340 e. The number of fused-ring (bicyclic) bond motifs is 1. The van der Waals surface area contributed by atoms with E-state index in [-0.39, 0.29) is 22.9 Å². The van der Waals surface area contributed by atoms with Crippen LogP contribution in [0, 0.1) is 11.6 Å². The number of halogens is 2. The molecule has 2 aromatic rings. The van der Waals surface area contributed by atoms with Crippen LogP contribution in [0.25, 0.3) is 0 Å². The first-order chi connectivity index (χ1) is 11.8. The molecule has 134 valence electrons. The molecule has 0 radical (unpaired) electrons. The van der Waals surface area contributed by atoms with Gasteiger partial charge in [-0.25, -0.2) is 21.9 Å².